The topological polar surface area (TPSA) is 76.3 Å². The molecule has 4 rings (SSSR count). The molecule has 0 spiro atoms. The lowest BCUT2D eigenvalue weighted by Gasteiger charge is -2.24. The third kappa shape index (κ3) is 3.89. The highest BCUT2D eigenvalue weighted by molar-refractivity contribution is 7.89. The molecule has 0 aliphatic carbocycles. The zero-order chi connectivity index (χ0) is 21.5. The second kappa shape index (κ2) is 8.13. The normalized spacial score (nSPS) is 17.5. The highest BCUT2D eigenvalue weighted by Crippen LogP contribution is 2.38. The van der Waals surface area contributed by atoms with Gasteiger partial charge in [-0.15, -0.1) is 0 Å². The maximum Gasteiger partial charge on any atom is 0.249 e. The van der Waals surface area contributed by atoms with E-state index in [1.54, 1.807) is 18.2 Å². The first-order chi connectivity index (χ1) is 14.3. The second-order valence-corrected chi connectivity index (χ2v) is 9.97. The largest absolute Gasteiger partial charge is 0.360 e. The van der Waals surface area contributed by atoms with Gasteiger partial charge in [0, 0.05) is 17.3 Å². The zero-order valence-electron chi connectivity index (χ0n) is 17.2. The fraction of sp³-hybridized carbons (Fsp3) is 0.364. The van der Waals surface area contributed by atoms with E-state index in [2.05, 4.69) is 5.16 Å². The summed E-state index contributed by atoms with van der Waals surface area (Å²) in [6, 6.07) is 11.5. The highest BCUT2D eigenvalue weighted by Gasteiger charge is 2.40. The van der Waals surface area contributed by atoms with Crippen LogP contribution in [0.2, 0.25) is 5.02 Å². The van der Waals surface area contributed by atoms with Gasteiger partial charge in [-0.05, 0) is 69.4 Å². The van der Waals surface area contributed by atoms with Gasteiger partial charge in [-0.1, -0.05) is 35.0 Å². The first-order valence-electron chi connectivity index (χ1n) is 9.93. The van der Waals surface area contributed by atoms with Gasteiger partial charge in [-0.3, -0.25) is 4.98 Å². The molecule has 158 valence electrons. The van der Waals surface area contributed by atoms with Crippen molar-refractivity contribution in [2.45, 2.75) is 51.0 Å². The lowest BCUT2D eigenvalue weighted by atomic mass is 10.0. The van der Waals surface area contributed by atoms with Crippen LogP contribution in [0.1, 0.15) is 52.9 Å². The van der Waals surface area contributed by atoms with Gasteiger partial charge in [-0.2, -0.15) is 4.31 Å². The Labute approximate surface area is 181 Å². The molecule has 2 aromatic heterocycles. The van der Waals surface area contributed by atoms with E-state index in [1.807, 2.05) is 43.3 Å². The zero-order valence-corrected chi connectivity index (χ0v) is 18.8. The molecule has 1 aromatic carbocycles. The van der Waals surface area contributed by atoms with Crippen molar-refractivity contribution in [1.82, 2.24) is 14.4 Å². The summed E-state index contributed by atoms with van der Waals surface area (Å²) < 4.78 is 33.5. The lowest BCUT2D eigenvalue weighted by molar-refractivity contribution is 0.381. The maximum atomic E-state index is 13.4. The van der Waals surface area contributed by atoms with Gasteiger partial charge >= 0.3 is 0 Å². The van der Waals surface area contributed by atoms with E-state index >= 15 is 0 Å². The van der Waals surface area contributed by atoms with Gasteiger partial charge in [0.2, 0.25) is 10.0 Å². The highest BCUT2D eigenvalue weighted by atomic mass is 35.5. The van der Waals surface area contributed by atoms with Crippen LogP contribution in [0.3, 0.4) is 0 Å². The molecule has 1 aliphatic rings. The number of rotatable bonds is 5. The van der Waals surface area contributed by atoms with Crippen LogP contribution < -0.4 is 0 Å². The van der Waals surface area contributed by atoms with Crippen molar-refractivity contribution in [3.8, 4) is 0 Å². The van der Waals surface area contributed by atoms with Gasteiger partial charge in [-0.25, -0.2) is 8.42 Å². The molecule has 1 atom stereocenters. The van der Waals surface area contributed by atoms with Crippen LogP contribution in [-0.2, 0) is 16.4 Å². The number of pyridine rings is 1. The van der Waals surface area contributed by atoms with E-state index in [4.69, 9.17) is 21.1 Å². The van der Waals surface area contributed by atoms with Crippen molar-refractivity contribution in [3.63, 3.8) is 0 Å². The van der Waals surface area contributed by atoms with Crippen LogP contribution >= 0.6 is 11.6 Å². The number of nitrogens with zero attached hydrogens (tertiary/aromatic N) is 3. The Balaban J connectivity index is 1.70. The van der Waals surface area contributed by atoms with E-state index < -0.39 is 10.0 Å². The van der Waals surface area contributed by atoms with Crippen molar-refractivity contribution >= 4 is 21.6 Å². The number of hydrogen-bond acceptors (Lipinski definition) is 5. The molecule has 0 N–H and O–H groups in total. The van der Waals surface area contributed by atoms with Crippen molar-refractivity contribution in [3.05, 3.63) is 75.4 Å². The quantitative estimate of drug-likeness (QED) is 0.565. The van der Waals surface area contributed by atoms with Gasteiger partial charge in [0.15, 0.2) is 5.76 Å². The van der Waals surface area contributed by atoms with Gasteiger partial charge in [0.05, 0.1) is 11.7 Å². The number of halogens is 1. The molecule has 0 radical (unpaired) electrons. The Kier molecular flexibility index (Phi) is 5.70. The minimum Gasteiger partial charge on any atom is -0.360 e. The van der Waals surface area contributed by atoms with E-state index in [1.165, 1.54) is 0 Å². The summed E-state index contributed by atoms with van der Waals surface area (Å²) in [5.41, 5.74) is 4.10. The van der Waals surface area contributed by atoms with Crippen molar-refractivity contribution in [2.75, 3.05) is 6.54 Å². The summed E-state index contributed by atoms with van der Waals surface area (Å²) in [5, 5.41) is 4.55. The minimum absolute atomic E-state index is 0.165. The minimum atomic E-state index is -3.73. The molecule has 0 saturated carbocycles. The van der Waals surface area contributed by atoms with Crippen LogP contribution in [0.5, 0.6) is 0 Å². The SMILES string of the molecule is Cc1cc(Cc2ccccc2Cl)cc([C@H]2CCCN2S(=O)(=O)c2c(C)noc2C)n1. The molecular weight excluding hydrogens is 422 g/mol. The summed E-state index contributed by atoms with van der Waals surface area (Å²) in [5.74, 6) is 0.315. The number of aromatic nitrogens is 2. The molecule has 0 bridgehead atoms. The van der Waals surface area contributed by atoms with Gasteiger partial charge in [0.25, 0.3) is 0 Å². The van der Waals surface area contributed by atoms with Gasteiger partial charge < -0.3 is 4.52 Å². The molecule has 30 heavy (non-hydrogen) atoms. The van der Waals surface area contributed by atoms with Crippen LogP contribution in [-0.4, -0.2) is 29.4 Å². The molecule has 1 fully saturated rings. The standard InChI is InChI=1S/C22H24ClN3O3S/c1-14-11-17(12-18-7-4-5-8-19(18)23)13-20(24-14)21-9-6-10-26(21)30(27,28)22-15(2)25-29-16(22)3/h4-5,7-8,11,13,21H,6,9-10,12H2,1-3H3/t21-/m1/s1. The third-order valence-electron chi connectivity index (χ3n) is 5.47. The van der Waals surface area contributed by atoms with E-state index in [0.29, 0.717) is 24.4 Å². The van der Waals surface area contributed by atoms with Crippen LogP contribution in [0.15, 0.2) is 45.8 Å². The fourth-order valence-electron chi connectivity index (χ4n) is 4.19. The monoisotopic (exact) mass is 445 g/mol. The summed E-state index contributed by atoms with van der Waals surface area (Å²) >= 11 is 6.33. The molecule has 6 nitrogen and oxygen atoms in total. The molecule has 3 aromatic rings. The summed E-state index contributed by atoms with van der Waals surface area (Å²) in [4.78, 5) is 4.86. The van der Waals surface area contributed by atoms with Crippen LogP contribution in [0, 0.1) is 20.8 Å². The fourth-order valence-corrected chi connectivity index (χ4v) is 6.35. The number of hydrogen-bond donors (Lipinski definition) is 0. The molecule has 8 heteroatoms. The molecular formula is C22H24ClN3O3S. The van der Waals surface area contributed by atoms with Crippen LogP contribution in [0.4, 0.5) is 0 Å². The lowest BCUT2D eigenvalue weighted by Crippen LogP contribution is -2.32. The maximum absolute atomic E-state index is 13.4. The first kappa shape index (κ1) is 21.0. The Hall–Kier alpha value is -2.22. The summed E-state index contributed by atoms with van der Waals surface area (Å²) in [6.45, 7) is 5.67. The van der Waals surface area contributed by atoms with Crippen molar-refractivity contribution in [2.24, 2.45) is 0 Å². The average Bonchev–Trinajstić information content (AvgIpc) is 3.31. The van der Waals surface area contributed by atoms with E-state index in [0.717, 1.165) is 40.4 Å². The number of sulfonamides is 1. The van der Waals surface area contributed by atoms with E-state index in [9.17, 15) is 8.42 Å². The number of benzene rings is 1. The predicted octanol–water partition coefficient (Wildman–Crippen LogP) is 4.76. The average molecular weight is 446 g/mol. The van der Waals surface area contributed by atoms with Crippen molar-refractivity contribution in [1.29, 1.82) is 0 Å². The summed E-state index contributed by atoms with van der Waals surface area (Å²) in [6.07, 6.45) is 2.17. The first-order valence-corrected chi connectivity index (χ1v) is 11.7. The Morgan fingerprint density at radius 2 is 1.97 bits per heavy atom. The molecule has 3 heterocycles. The Morgan fingerprint density at radius 1 is 1.20 bits per heavy atom. The second-order valence-electron chi connectivity index (χ2n) is 7.74. The Bertz CT molecular complexity index is 1170. The molecule has 0 amide bonds. The van der Waals surface area contributed by atoms with E-state index in [-0.39, 0.29) is 10.9 Å². The van der Waals surface area contributed by atoms with Crippen molar-refractivity contribution < 1.29 is 12.9 Å². The van der Waals surface area contributed by atoms with Gasteiger partial charge in [0.1, 0.15) is 10.6 Å². The molecule has 0 unspecified atom stereocenters. The molecule has 1 aliphatic heterocycles. The summed E-state index contributed by atoms with van der Waals surface area (Å²) in [7, 11) is -3.73. The predicted molar refractivity (Wildman–Crippen MR) is 115 cm³/mol. The van der Waals surface area contributed by atoms with Crippen LogP contribution in [0.25, 0.3) is 0 Å². The smallest absolute Gasteiger partial charge is 0.249 e. The number of aryl methyl sites for hydroxylation is 3. The molecule has 1 saturated heterocycles. The Morgan fingerprint density at radius 3 is 2.67 bits per heavy atom. The third-order valence-corrected chi connectivity index (χ3v) is 7.99.